The number of aryl methyl sites for hydroxylation is 1. The maximum absolute atomic E-state index is 12.7. The Labute approximate surface area is 191 Å². The van der Waals surface area contributed by atoms with E-state index in [4.69, 9.17) is 4.74 Å². The highest BCUT2D eigenvalue weighted by atomic mass is 127. The van der Waals surface area contributed by atoms with Gasteiger partial charge in [0.1, 0.15) is 22.1 Å². The van der Waals surface area contributed by atoms with Gasteiger partial charge in [-0.1, -0.05) is 36.0 Å². The number of benzene rings is 2. The van der Waals surface area contributed by atoms with Crippen molar-refractivity contribution in [3.8, 4) is 5.75 Å². The van der Waals surface area contributed by atoms with Crippen molar-refractivity contribution in [1.29, 1.82) is 0 Å². The van der Waals surface area contributed by atoms with Gasteiger partial charge in [-0.3, -0.25) is 4.79 Å². The van der Waals surface area contributed by atoms with Crippen LogP contribution in [0.5, 0.6) is 5.75 Å². The second-order valence-electron chi connectivity index (χ2n) is 6.30. The van der Waals surface area contributed by atoms with Crippen molar-refractivity contribution in [2.24, 2.45) is 4.99 Å². The number of aromatic hydroxyl groups is 1. The molecule has 1 aliphatic heterocycles. The highest BCUT2D eigenvalue weighted by Gasteiger charge is 2.34. The highest BCUT2D eigenvalue weighted by Crippen LogP contribution is 2.39. The van der Waals surface area contributed by atoms with Crippen LogP contribution in [0.2, 0.25) is 0 Å². The lowest BCUT2D eigenvalue weighted by Crippen LogP contribution is -2.14. The molecule has 1 heterocycles. The van der Waals surface area contributed by atoms with Crippen LogP contribution in [-0.4, -0.2) is 33.7 Å². The topological polar surface area (TPSA) is 96.2 Å². The van der Waals surface area contributed by atoms with Crippen molar-refractivity contribution in [2.45, 2.75) is 13.8 Å². The summed E-state index contributed by atoms with van der Waals surface area (Å²) in [5.41, 5.74) is 1.75. The molecule has 8 heteroatoms. The van der Waals surface area contributed by atoms with Crippen LogP contribution in [0.3, 0.4) is 0 Å². The molecule has 0 atom stereocenters. The summed E-state index contributed by atoms with van der Waals surface area (Å²) in [5, 5.41) is 20.5. The van der Waals surface area contributed by atoms with Crippen LogP contribution in [0.25, 0.3) is 6.08 Å². The number of hydrogen-bond donors (Lipinski definition) is 2. The zero-order chi connectivity index (χ0) is 21.8. The van der Waals surface area contributed by atoms with Crippen LogP contribution < -0.4 is 0 Å². The number of nitrogens with zero attached hydrogens (tertiary/aromatic N) is 1. The third-order valence-electron chi connectivity index (χ3n) is 4.22. The molecule has 0 radical (unpaired) electrons. The van der Waals surface area contributed by atoms with Gasteiger partial charge in [0.05, 0.1) is 15.1 Å². The van der Waals surface area contributed by atoms with E-state index < -0.39 is 11.9 Å². The fraction of sp³-hybridized carbons (Fsp3) is 0.136. The third-order valence-corrected chi connectivity index (χ3v) is 6.10. The first kappa shape index (κ1) is 22.1. The normalized spacial score (nSPS) is 16.4. The van der Waals surface area contributed by atoms with Gasteiger partial charge in [-0.05, 0) is 71.8 Å². The molecule has 0 spiro atoms. The summed E-state index contributed by atoms with van der Waals surface area (Å²) >= 11 is 3.01. The molecule has 0 aromatic heterocycles. The molecule has 1 amide bonds. The van der Waals surface area contributed by atoms with Crippen molar-refractivity contribution < 1.29 is 24.5 Å². The zero-order valence-electron chi connectivity index (χ0n) is 16.2. The number of esters is 1. The van der Waals surface area contributed by atoms with Crippen LogP contribution in [0.1, 0.15) is 28.4 Å². The van der Waals surface area contributed by atoms with Crippen molar-refractivity contribution in [3.05, 3.63) is 79.0 Å². The molecular weight excluding hydrogens is 517 g/mol. The quantitative estimate of drug-likeness (QED) is 0.423. The summed E-state index contributed by atoms with van der Waals surface area (Å²) in [6.07, 6.45) is 1.65. The Morgan fingerprint density at radius 3 is 2.60 bits per heavy atom. The second-order valence-corrected chi connectivity index (χ2v) is 8.50. The molecule has 0 saturated carbocycles. The Bertz CT molecular complexity index is 1120. The minimum absolute atomic E-state index is 0.0823. The van der Waals surface area contributed by atoms with E-state index in [0.717, 1.165) is 17.3 Å². The van der Waals surface area contributed by atoms with Crippen LogP contribution in [0.15, 0.2) is 63.7 Å². The van der Waals surface area contributed by atoms with Gasteiger partial charge in [0.2, 0.25) is 0 Å². The Balaban J connectivity index is 2.04. The highest BCUT2D eigenvalue weighted by molar-refractivity contribution is 14.1. The average molecular weight is 535 g/mol. The minimum atomic E-state index is -0.748. The first-order chi connectivity index (χ1) is 14.3. The minimum Gasteiger partial charge on any atom is -0.507 e. The Morgan fingerprint density at radius 2 is 1.93 bits per heavy atom. The first-order valence-corrected chi connectivity index (χ1v) is 10.9. The number of aliphatic hydroxyl groups excluding tert-OH is 1. The standard InChI is InChI=1S/C22H18INO5S/c1-3-29-22(28)18-19(26)17(11-13-8-9-16(25)15(23)10-13)30-21(18)24-20(27)14-7-5-4-6-12(14)2/h4-11,25-26H,3H2,1-2H3/b17-11-,24-21?. The number of aliphatic imine (C=N–C) groups is 1. The predicted molar refractivity (Wildman–Crippen MR) is 126 cm³/mol. The van der Waals surface area contributed by atoms with Crippen LogP contribution in [0, 0.1) is 10.5 Å². The van der Waals surface area contributed by atoms with E-state index in [2.05, 4.69) is 4.99 Å². The summed E-state index contributed by atoms with van der Waals surface area (Å²) in [6.45, 7) is 3.57. The van der Waals surface area contributed by atoms with Gasteiger partial charge < -0.3 is 14.9 Å². The van der Waals surface area contributed by atoms with Gasteiger partial charge in [0.25, 0.3) is 5.91 Å². The van der Waals surface area contributed by atoms with E-state index in [0.29, 0.717) is 19.6 Å². The van der Waals surface area contributed by atoms with E-state index in [9.17, 15) is 19.8 Å². The average Bonchev–Trinajstić information content (AvgIpc) is 3.00. The number of phenolic OH excluding ortho intramolecular Hbond substituents is 1. The SMILES string of the molecule is CCOC(=O)C1=C(O)/C(=C/c2ccc(O)c(I)c2)SC1=NC(=O)c1ccccc1C. The fourth-order valence-electron chi connectivity index (χ4n) is 2.72. The number of rotatable bonds is 4. The number of halogens is 1. The van der Waals surface area contributed by atoms with Crippen LogP contribution in [-0.2, 0) is 9.53 Å². The predicted octanol–water partition coefficient (Wildman–Crippen LogP) is 5.01. The van der Waals surface area contributed by atoms with E-state index in [1.165, 1.54) is 6.07 Å². The Hall–Kier alpha value is -2.59. The van der Waals surface area contributed by atoms with Crippen molar-refractivity contribution in [1.82, 2.24) is 0 Å². The molecule has 0 bridgehead atoms. The van der Waals surface area contributed by atoms with Crippen molar-refractivity contribution >= 4 is 57.3 Å². The molecule has 2 aromatic carbocycles. The molecule has 154 valence electrons. The molecule has 6 nitrogen and oxygen atoms in total. The maximum Gasteiger partial charge on any atom is 0.344 e. The largest absolute Gasteiger partial charge is 0.507 e. The lowest BCUT2D eigenvalue weighted by atomic mass is 10.1. The van der Waals surface area contributed by atoms with Gasteiger partial charge in [0.15, 0.2) is 0 Å². The van der Waals surface area contributed by atoms with Gasteiger partial charge in [0, 0.05) is 5.56 Å². The van der Waals surface area contributed by atoms with Crippen LogP contribution in [0.4, 0.5) is 0 Å². The lowest BCUT2D eigenvalue weighted by molar-refractivity contribution is -0.138. The number of amides is 1. The van der Waals surface area contributed by atoms with E-state index >= 15 is 0 Å². The number of phenols is 1. The number of aliphatic hydroxyl groups is 1. The molecule has 1 aliphatic rings. The number of carbonyl (C=O) groups excluding carboxylic acids is 2. The van der Waals surface area contributed by atoms with E-state index in [1.807, 2.05) is 28.7 Å². The van der Waals surface area contributed by atoms with Gasteiger partial charge in [-0.2, -0.15) is 0 Å². The summed E-state index contributed by atoms with van der Waals surface area (Å²) in [7, 11) is 0. The third kappa shape index (κ3) is 4.76. The Morgan fingerprint density at radius 1 is 1.20 bits per heavy atom. The Kier molecular flexibility index (Phi) is 6.99. The maximum atomic E-state index is 12.7. The summed E-state index contributed by atoms with van der Waals surface area (Å²) in [6, 6.07) is 12.0. The molecular formula is C22H18INO5S. The van der Waals surface area contributed by atoms with Crippen molar-refractivity contribution in [2.75, 3.05) is 6.61 Å². The molecule has 0 saturated heterocycles. The first-order valence-electron chi connectivity index (χ1n) is 8.99. The number of thioether (sulfide) groups is 1. The zero-order valence-corrected chi connectivity index (χ0v) is 19.2. The fourth-order valence-corrected chi connectivity index (χ4v) is 4.27. The van der Waals surface area contributed by atoms with Crippen LogP contribution >= 0.6 is 34.4 Å². The molecule has 0 fully saturated rings. The molecule has 0 aliphatic carbocycles. The number of carbonyl (C=O) groups is 2. The monoisotopic (exact) mass is 535 g/mol. The number of hydrogen-bond acceptors (Lipinski definition) is 6. The lowest BCUT2D eigenvalue weighted by Gasteiger charge is -2.04. The summed E-state index contributed by atoms with van der Waals surface area (Å²) < 4.78 is 5.69. The molecule has 0 unspecified atom stereocenters. The second kappa shape index (κ2) is 9.48. The van der Waals surface area contributed by atoms with Gasteiger partial charge in [-0.25, -0.2) is 9.79 Å². The van der Waals surface area contributed by atoms with Crippen molar-refractivity contribution in [3.63, 3.8) is 0 Å². The van der Waals surface area contributed by atoms with Gasteiger partial charge >= 0.3 is 5.97 Å². The molecule has 2 N–H and O–H groups in total. The molecule has 3 rings (SSSR count). The van der Waals surface area contributed by atoms with E-state index in [1.54, 1.807) is 50.3 Å². The smallest absolute Gasteiger partial charge is 0.344 e. The molecule has 30 heavy (non-hydrogen) atoms. The number of ether oxygens (including phenoxy) is 1. The summed E-state index contributed by atoms with van der Waals surface area (Å²) in [4.78, 5) is 29.6. The molecule has 2 aromatic rings. The van der Waals surface area contributed by atoms with E-state index in [-0.39, 0.29) is 28.7 Å². The van der Waals surface area contributed by atoms with Gasteiger partial charge in [-0.15, -0.1) is 0 Å². The summed E-state index contributed by atoms with van der Waals surface area (Å²) in [5.74, 6) is -1.40.